The Balaban J connectivity index is 2.63. The molecule has 0 spiro atoms. The Kier molecular flexibility index (Phi) is 3.68. The van der Waals surface area contributed by atoms with Crippen LogP contribution in [0.1, 0.15) is 30.3 Å². The fourth-order valence-corrected chi connectivity index (χ4v) is 1.05. The smallest absolute Gasteiger partial charge is 0.277 e. The lowest BCUT2D eigenvalue weighted by molar-refractivity contribution is 0.0927. The number of amides is 1. The van der Waals surface area contributed by atoms with Crippen LogP contribution in [-0.4, -0.2) is 22.3 Å². The highest BCUT2D eigenvalue weighted by atomic mass is 16.6. The van der Waals surface area contributed by atoms with Crippen molar-refractivity contribution in [1.82, 2.24) is 15.6 Å². The maximum absolute atomic E-state index is 11.5. The van der Waals surface area contributed by atoms with E-state index < -0.39 is 5.91 Å². The standard InChI is InChI=1S/C9H12N4O2/c1-3-5-6(4-2)11-9(14)7-8(10)13-15-12-7/h1,6H,4-5H2,2H3,(H2,10,13)(H,11,14). The van der Waals surface area contributed by atoms with E-state index in [1.165, 1.54) is 0 Å². The first-order chi connectivity index (χ1) is 7.19. The van der Waals surface area contributed by atoms with Gasteiger partial charge in [-0.15, -0.1) is 12.3 Å². The number of terminal acetylenes is 1. The number of hydrogen-bond donors (Lipinski definition) is 2. The maximum atomic E-state index is 11.5. The average Bonchev–Trinajstić information content (AvgIpc) is 2.63. The molecule has 0 saturated heterocycles. The van der Waals surface area contributed by atoms with Crippen LogP contribution >= 0.6 is 0 Å². The van der Waals surface area contributed by atoms with Crippen molar-refractivity contribution in [3.63, 3.8) is 0 Å². The van der Waals surface area contributed by atoms with E-state index in [0.717, 1.165) is 6.42 Å². The molecule has 0 aliphatic heterocycles. The summed E-state index contributed by atoms with van der Waals surface area (Å²) >= 11 is 0. The van der Waals surface area contributed by atoms with Gasteiger partial charge in [-0.25, -0.2) is 4.63 Å². The van der Waals surface area contributed by atoms with E-state index in [9.17, 15) is 4.79 Å². The van der Waals surface area contributed by atoms with Gasteiger partial charge in [0.1, 0.15) is 0 Å². The summed E-state index contributed by atoms with van der Waals surface area (Å²) in [7, 11) is 0. The van der Waals surface area contributed by atoms with Gasteiger partial charge in [0.25, 0.3) is 5.91 Å². The third kappa shape index (κ3) is 2.71. The lowest BCUT2D eigenvalue weighted by atomic mass is 10.1. The number of carbonyl (C=O) groups excluding carboxylic acids is 1. The Hall–Kier alpha value is -2.03. The summed E-state index contributed by atoms with van der Waals surface area (Å²) in [5.74, 6) is 2.03. The van der Waals surface area contributed by atoms with Gasteiger partial charge in [-0.1, -0.05) is 6.92 Å². The minimum absolute atomic E-state index is 0.00882. The SMILES string of the molecule is C#CCC(CC)NC(=O)c1nonc1N. The van der Waals surface area contributed by atoms with Crippen LogP contribution in [0.5, 0.6) is 0 Å². The molecule has 6 nitrogen and oxygen atoms in total. The highest BCUT2D eigenvalue weighted by molar-refractivity contribution is 5.96. The zero-order valence-corrected chi connectivity index (χ0v) is 8.36. The first-order valence-corrected chi connectivity index (χ1v) is 4.51. The van der Waals surface area contributed by atoms with Crippen molar-refractivity contribution in [2.75, 3.05) is 5.73 Å². The molecular formula is C9H12N4O2. The number of rotatable bonds is 4. The zero-order valence-electron chi connectivity index (χ0n) is 8.36. The van der Waals surface area contributed by atoms with Crippen LogP contribution in [0.4, 0.5) is 5.82 Å². The predicted octanol–water partition coefficient (Wildman–Crippen LogP) is 0.183. The lowest BCUT2D eigenvalue weighted by Gasteiger charge is -2.12. The monoisotopic (exact) mass is 208 g/mol. The largest absolute Gasteiger partial charge is 0.379 e. The first-order valence-electron chi connectivity index (χ1n) is 4.51. The molecule has 0 aliphatic carbocycles. The Morgan fingerprint density at radius 3 is 2.93 bits per heavy atom. The number of nitrogens with one attached hydrogen (secondary N) is 1. The van der Waals surface area contributed by atoms with Gasteiger partial charge in [0, 0.05) is 12.5 Å². The van der Waals surface area contributed by atoms with E-state index in [0.29, 0.717) is 6.42 Å². The van der Waals surface area contributed by atoms with Crippen molar-refractivity contribution < 1.29 is 9.42 Å². The molecule has 1 atom stereocenters. The van der Waals surface area contributed by atoms with Gasteiger partial charge in [-0.2, -0.15) is 0 Å². The van der Waals surface area contributed by atoms with Gasteiger partial charge < -0.3 is 11.1 Å². The molecule has 0 fully saturated rings. The van der Waals surface area contributed by atoms with Gasteiger partial charge >= 0.3 is 0 Å². The number of nitrogen functional groups attached to an aromatic ring is 1. The summed E-state index contributed by atoms with van der Waals surface area (Å²) in [6.07, 6.45) is 6.36. The van der Waals surface area contributed by atoms with E-state index in [2.05, 4.69) is 26.2 Å². The first kappa shape index (κ1) is 11.0. The molecule has 0 radical (unpaired) electrons. The van der Waals surface area contributed by atoms with Gasteiger partial charge in [0.15, 0.2) is 0 Å². The number of aromatic nitrogens is 2. The number of nitrogens with two attached hydrogens (primary N) is 1. The molecule has 0 saturated carbocycles. The fourth-order valence-electron chi connectivity index (χ4n) is 1.05. The molecule has 1 amide bonds. The van der Waals surface area contributed by atoms with Crippen molar-refractivity contribution >= 4 is 11.7 Å². The number of nitrogens with zero attached hydrogens (tertiary/aromatic N) is 2. The number of anilines is 1. The summed E-state index contributed by atoms with van der Waals surface area (Å²) < 4.78 is 4.32. The number of carbonyl (C=O) groups is 1. The molecule has 1 aromatic rings. The Labute approximate surface area is 87.2 Å². The number of hydrogen-bond acceptors (Lipinski definition) is 5. The molecule has 6 heteroatoms. The molecule has 0 bridgehead atoms. The van der Waals surface area contributed by atoms with Crippen LogP contribution in [-0.2, 0) is 0 Å². The maximum Gasteiger partial charge on any atom is 0.277 e. The van der Waals surface area contributed by atoms with Crippen LogP contribution in [0.25, 0.3) is 0 Å². The van der Waals surface area contributed by atoms with Crippen molar-refractivity contribution in [3.05, 3.63) is 5.69 Å². The Morgan fingerprint density at radius 1 is 1.73 bits per heavy atom. The van der Waals surface area contributed by atoms with Crippen molar-refractivity contribution in [2.24, 2.45) is 0 Å². The Bertz CT molecular complexity index is 380. The second kappa shape index (κ2) is 5.00. The molecule has 0 aliphatic rings. The van der Waals surface area contributed by atoms with E-state index in [1.54, 1.807) is 0 Å². The molecule has 80 valence electrons. The van der Waals surface area contributed by atoms with Gasteiger partial charge in [-0.3, -0.25) is 4.79 Å². The fraction of sp³-hybridized carbons (Fsp3) is 0.444. The molecular weight excluding hydrogens is 196 g/mol. The summed E-state index contributed by atoms with van der Waals surface area (Å²) in [6.45, 7) is 1.92. The van der Waals surface area contributed by atoms with Gasteiger partial charge in [0.05, 0.1) is 0 Å². The molecule has 3 N–H and O–H groups in total. The second-order valence-corrected chi connectivity index (χ2v) is 2.98. The normalized spacial score (nSPS) is 11.7. The third-order valence-corrected chi connectivity index (χ3v) is 1.92. The average molecular weight is 208 g/mol. The van der Waals surface area contributed by atoms with E-state index in [-0.39, 0.29) is 17.6 Å². The lowest BCUT2D eigenvalue weighted by Crippen LogP contribution is -2.34. The van der Waals surface area contributed by atoms with E-state index >= 15 is 0 Å². The van der Waals surface area contributed by atoms with Crippen LogP contribution in [0.15, 0.2) is 4.63 Å². The van der Waals surface area contributed by atoms with Crippen LogP contribution < -0.4 is 11.1 Å². The minimum Gasteiger partial charge on any atom is -0.379 e. The molecule has 1 unspecified atom stereocenters. The topological polar surface area (TPSA) is 94.0 Å². The highest BCUT2D eigenvalue weighted by Gasteiger charge is 2.18. The summed E-state index contributed by atoms with van der Waals surface area (Å²) in [4.78, 5) is 11.5. The quantitative estimate of drug-likeness (QED) is 0.688. The van der Waals surface area contributed by atoms with Gasteiger partial charge in [-0.05, 0) is 16.7 Å². The van der Waals surface area contributed by atoms with E-state index in [1.807, 2.05) is 6.92 Å². The van der Waals surface area contributed by atoms with Crippen LogP contribution in [0.2, 0.25) is 0 Å². The summed E-state index contributed by atoms with van der Waals surface area (Å²) in [5.41, 5.74) is 5.36. The summed E-state index contributed by atoms with van der Waals surface area (Å²) in [5, 5.41) is 9.38. The van der Waals surface area contributed by atoms with Crippen molar-refractivity contribution in [3.8, 4) is 12.3 Å². The van der Waals surface area contributed by atoms with E-state index in [4.69, 9.17) is 12.2 Å². The second-order valence-electron chi connectivity index (χ2n) is 2.98. The van der Waals surface area contributed by atoms with Crippen molar-refractivity contribution in [1.29, 1.82) is 0 Å². The summed E-state index contributed by atoms with van der Waals surface area (Å²) in [6, 6.07) is -0.0846. The van der Waals surface area contributed by atoms with Gasteiger partial charge in [0.2, 0.25) is 11.5 Å². The zero-order chi connectivity index (χ0) is 11.3. The third-order valence-electron chi connectivity index (χ3n) is 1.92. The molecule has 0 aromatic carbocycles. The highest BCUT2D eigenvalue weighted by Crippen LogP contribution is 2.05. The van der Waals surface area contributed by atoms with Crippen LogP contribution in [0, 0.1) is 12.3 Å². The molecule has 15 heavy (non-hydrogen) atoms. The minimum atomic E-state index is -0.421. The van der Waals surface area contributed by atoms with Crippen LogP contribution in [0.3, 0.4) is 0 Å². The molecule has 1 rings (SSSR count). The predicted molar refractivity (Wildman–Crippen MR) is 53.7 cm³/mol. The Morgan fingerprint density at radius 2 is 2.47 bits per heavy atom. The van der Waals surface area contributed by atoms with Crippen molar-refractivity contribution in [2.45, 2.75) is 25.8 Å². The molecule has 1 aromatic heterocycles. The molecule has 1 heterocycles.